The van der Waals surface area contributed by atoms with Crippen LogP contribution in [0.15, 0.2) is 30.8 Å². The molecule has 4 heteroatoms. The van der Waals surface area contributed by atoms with Crippen molar-refractivity contribution in [1.29, 1.82) is 0 Å². The summed E-state index contributed by atoms with van der Waals surface area (Å²) in [5.41, 5.74) is 6.96. The van der Waals surface area contributed by atoms with Crippen molar-refractivity contribution in [3.05, 3.63) is 36.4 Å². The van der Waals surface area contributed by atoms with Gasteiger partial charge in [0.25, 0.3) is 0 Å². The molecule has 1 aliphatic heterocycles. The normalized spacial score (nSPS) is 20.6. The van der Waals surface area contributed by atoms with Crippen LogP contribution in [0.5, 0.6) is 5.75 Å². The number of aliphatic carboxylic acids is 1. The number of hydrogen-bond donors (Lipinski definition) is 2. The number of ether oxygens (including phenoxy) is 1. The van der Waals surface area contributed by atoms with Crippen LogP contribution in [0, 0.1) is 0 Å². The monoisotopic (exact) mass is 205 g/mol. The molecule has 1 aromatic rings. The molecule has 15 heavy (non-hydrogen) atoms. The number of para-hydroxylation sites is 1. The standard InChI is InChI=1S/C11H11NO3/c1-6-7-4-2-3-5-8(7)15-10(6)9(12)11(13)14/h2-5,9-10H,1,12H2,(H,13,14)/t9-,10+/m1/s1. The number of nitrogens with two attached hydrogens (primary N) is 1. The van der Waals surface area contributed by atoms with E-state index in [9.17, 15) is 4.79 Å². The van der Waals surface area contributed by atoms with Crippen LogP contribution in [-0.4, -0.2) is 23.2 Å². The van der Waals surface area contributed by atoms with Crippen molar-refractivity contribution in [3.8, 4) is 5.75 Å². The minimum Gasteiger partial charge on any atom is -0.483 e. The molecule has 0 amide bonds. The van der Waals surface area contributed by atoms with Gasteiger partial charge in [-0.1, -0.05) is 24.8 Å². The van der Waals surface area contributed by atoms with Gasteiger partial charge in [0, 0.05) is 5.56 Å². The highest BCUT2D eigenvalue weighted by atomic mass is 16.5. The summed E-state index contributed by atoms with van der Waals surface area (Å²) in [7, 11) is 0. The van der Waals surface area contributed by atoms with Crippen LogP contribution in [0.3, 0.4) is 0 Å². The maximum atomic E-state index is 10.7. The van der Waals surface area contributed by atoms with Crippen LogP contribution in [0.25, 0.3) is 5.57 Å². The molecule has 1 aliphatic rings. The Morgan fingerprint density at radius 3 is 2.80 bits per heavy atom. The first-order valence-corrected chi connectivity index (χ1v) is 4.54. The molecule has 0 saturated carbocycles. The zero-order valence-electron chi connectivity index (χ0n) is 8.01. The lowest BCUT2D eigenvalue weighted by Crippen LogP contribution is -2.43. The summed E-state index contributed by atoms with van der Waals surface area (Å²) < 4.78 is 5.44. The zero-order chi connectivity index (χ0) is 11.0. The predicted molar refractivity (Wildman–Crippen MR) is 55.5 cm³/mol. The molecule has 0 aliphatic carbocycles. The summed E-state index contributed by atoms with van der Waals surface area (Å²) in [6, 6.07) is 6.20. The number of carbonyl (C=O) groups is 1. The van der Waals surface area contributed by atoms with Gasteiger partial charge in [-0.2, -0.15) is 0 Å². The first-order chi connectivity index (χ1) is 7.11. The van der Waals surface area contributed by atoms with E-state index in [4.69, 9.17) is 15.6 Å². The summed E-state index contributed by atoms with van der Waals surface area (Å²) >= 11 is 0. The van der Waals surface area contributed by atoms with E-state index in [1.165, 1.54) is 0 Å². The summed E-state index contributed by atoms with van der Waals surface area (Å²) in [4.78, 5) is 10.7. The lowest BCUT2D eigenvalue weighted by Gasteiger charge is -2.15. The molecule has 1 aromatic carbocycles. The molecule has 0 radical (unpaired) electrons. The third-order valence-corrected chi connectivity index (χ3v) is 2.44. The molecular formula is C11H11NO3. The third-order valence-electron chi connectivity index (χ3n) is 2.44. The largest absolute Gasteiger partial charge is 0.483 e. The Hall–Kier alpha value is -1.81. The van der Waals surface area contributed by atoms with Crippen LogP contribution in [0.4, 0.5) is 0 Å². The van der Waals surface area contributed by atoms with E-state index in [2.05, 4.69) is 6.58 Å². The van der Waals surface area contributed by atoms with Gasteiger partial charge in [-0.15, -0.1) is 0 Å². The van der Waals surface area contributed by atoms with Crippen LogP contribution in [-0.2, 0) is 4.79 Å². The van der Waals surface area contributed by atoms with Crippen molar-refractivity contribution in [2.24, 2.45) is 5.73 Å². The van der Waals surface area contributed by atoms with Gasteiger partial charge in [0.15, 0.2) is 0 Å². The molecule has 2 atom stereocenters. The Labute approximate surface area is 87.0 Å². The predicted octanol–water partition coefficient (Wildman–Crippen LogP) is 0.873. The van der Waals surface area contributed by atoms with Crippen LogP contribution < -0.4 is 10.5 Å². The fraction of sp³-hybridized carbons (Fsp3) is 0.182. The Morgan fingerprint density at radius 1 is 1.53 bits per heavy atom. The number of hydrogen-bond acceptors (Lipinski definition) is 3. The molecular weight excluding hydrogens is 194 g/mol. The second-order valence-electron chi connectivity index (χ2n) is 3.42. The highest BCUT2D eigenvalue weighted by Crippen LogP contribution is 2.36. The number of carboxylic acids is 1. The SMILES string of the molecule is C=C1c2ccccc2O[C@@H]1[C@@H](N)C(=O)O. The van der Waals surface area contributed by atoms with E-state index in [0.717, 1.165) is 5.56 Å². The fourth-order valence-corrected chi connectivity index (χ4v) is 1.62. The topological polar surface area (TPSA) is 72.5 Å². The van der Waals surface area contributed by atoms with Crippen molar-refractivity contribution in [2.75, 3.05) is 0 Å². The number of fused-ring (bicyclic) bond motifs is 1. The second kappa shape index (κ2) is 3.40. The third kappa shape index (κ3) is 1.49. The van der Waals surface area contributed by atoms with Gasteiger partial charge >= 0.3 is 5.97 Å². The molecule has 0 aromatic heterocycles. The number of carboxylic acid groups (broad SMARTS) is 1. The molecule has 0 unspecified atom stereocenters. The highest BCUT2D eigenvalue weighted by molar-refractivity contribution is 5.83. The Balaban J connectivity index is 2.31. The molecule has 0 fully saturated rings. The van der Waals surface area contributed by atoms with E-state index < -0.39 is 18.1 Å². The summed E-state index contributed by atoms with van der Waals surface area (Å²) in [6.07, 6.45) is -0.667. The average molecular weight is 205 g/mol. The van der Waals surface area contributed by atoms with Gasteiger partial charge < -0.3 is 15.6 Å². The number of benzene rings is 1. The maximum Gasteiger partial charge on any atom is 0.324 e. The highest BCUT2D eigenvalue weighted by Gasteiger charge is 2.35. The molecule has 1 heterocycles. The minimum absolute atomic E-state index is 0.625. The van der Waals surface area contributed by atoms with Crippen molar-refractivity contribution in [3.63, 3.8) is 0 Å². The van der Waals surface area contributed by atoms with Crippen molar-refractivity contribution >= 4 is 11.5 Å². The molecule has 0 spiro atoms. The van der Waals surface area contributed by atoms with Crippen molar-refractivity contribution < 1.29 is 14.6 Å². The summed E-state index contributed by atoms with van der Waals surface area (Å²) in [5, 5.41) is 8.79. The lowest BCUT2D eigenvalue weighted by atomic mass is 10.00. The van der Waals surface area contributed by atoms with E-state index in [1.807, 2.05) is 18.2 Å². The van der Waals surface area contributed by atoms with Gasteiger partial charge in [0.05, 0.1) is 0 Å². The number of rotatable bonds is 2. The van der Waals surface area contributed by atoms with Gasteiger partial charge in [-0.25, -0.2) is 0 Å². The quantitative estimate of drug-likeness (QED) is 0.751. The van der Waals surface area contributed by atoms with Gasteiger partial charge in [-0.05, 0) is 11.6 Å². The summed E-state index contributed by atoms with van der Waals surface area (Å²) in [5.74, 6) is -0.446. The summed E-state index contributed by atoms with van der Waals surface area (Å²) in [6.45, 7) is 3.81. The van der Waals surface area contributed by atoms with Crippen LogP contribution in [0.1, 0.15) is 5.56 Å². The van der Waals surface area contributed by atoms with Gasteiger partial charge in [0.2, 0.25) is 0 Å². The molecule has 2 rings (SSSR count). The molecule has 4 nitrogen and oxygen atoms in total. The van der Waals surface area contributed by atoms with Crippen molar-refractivity contribution in [1.82, 2.24) is 0 Å². The van der Waals surface area contributed by atoms with E-state index in [1.54, 1.807) is 6.07 Å². The smallest absolute Gasteiger partial charge is 0.324 e. The Kier molecular flexibility index (Phi) is 2.21. The maximum absolute atomic E-state index is 10.7. The molecule has 0 bridgehead atoms. The fourth-order valence-electron chi connectivity index (χ4n) is 1.62. The Bertz CT molecular complexity index is 428. The first kappa shape index (κ1) is 9.73. The molecule has 3 N–H and O–H groups in total. The Morgan fingerprint density at radius 2 is 2.20 bits per heavy atom. The van der Waals surface area contributed by atoms with E-state index >= 15 is 0 Å². The van der Waals surface area contributed by atoms with E-state index in [-0.39, 0.29) is 0 Å². The molecule has 78 valence electrons. The van der Waals surface area contributed by atoms with Crippen LogP contribution in [0.2, 0.25) is 0 Å². The van der Waals surface area contributed by atoms with Gasteiger partial charge in [0.1, 0.15) is 17.9 Å². The van der Waals surface area contributed by atoms with Crippen LogP contribution >= 0.6 is 0 Å². The van der Waals surface area contributed by atoms with E-state index in [0.29, 0.717) is 11.3 Å². The first-order valence-electron chi connectivity index (χ1n) is 4.54. The zero-order valence-corrected chi connectivity index (χ0v) is 8.01. The second-order valence-corrected chi connectivity index (χ2v) is 3.42. The lowest BCUT2D eigenvalue weighted by molar-refractivity contribution is -0.139. The van der Waals surface area contributed by atoms with Crippen molar-refractivity contribution in [2.45, 2.75) is 12.1 Å². The average Bonchev–Trinajstić information content (AvgIpc) is 2.56. The molecule has 0 saturated heterocycles. The minimum atomic E-state index is -1.09. The van der Waals surface area contributed by atoms with Gasteiger partial charge in [-0.3, -0.25) is 4.79 Å².